The number of benzene rings is 10. The Bertz CT molecular complexity index is 3550. The summed E-state index contributed by atoms with van der Waals surface area (Å²) in [5, 5.41) is 12.6. The van der Waals surface area contributed by atoms with Crippen molar-refractivity contribution in [1.82, 2.24) is 0 Å². The van der Waals surface area contributed by atoms with Gasteiger partial charge in [0.05, 0.1) is 16.1 Å². The van der Waals surface area contributed by atoms with Crippen LogP contribution in [0.15, 0.2) is 200 Å². The average molecular weight is 760 g/mol. The molecule has 0 radical (unpaired) electrons. The summed E-state index contributed by atoms with van der Waals surface area (Å²) in [6.45, 7) is 0. The van der Waals surface area contributed by atoms with Gasteiger partial charge in [0.25, 0.3) is 0 Å². The number of nitrogens with zero attached hydrogens (tertiary/aromatic N) is 1. The third-order valence-electron chi connectivity index (χ3n) is 11.6. The van der Waals surface area contributed by atoms with Crippen molar-refractivity contribution in [3.63, 3.8) is 0 Å². The first-order valence-electron chi connectivity index (χ1n) is 19.4. The molecule has 0 amide bonds. The summed E-state index contributed by atoms with van der Waals surface area (Å²) in [7, 11) is 0. The minimum atomic E-state index is 1.12. The predicted molar refractivity (Wildman–Crippen MR) is 250 cm³/mol. The zero-order valence-corrected chi connectivity index (χ0v) is 32.4. The van der Waals surface area contributed by atoms with Gasteiger partial charge in [-0.1, -0.05) is 164 Å². The van der Waals surface area contributed by atoms with Crippen molar-refractivity contribution in [1.29, 1.82) is 0 Å². The molecule has 57 heavy (non-hydrogen) atoms. The molecule has 1 nitrogen and oxygen atoms in total. The van der Waals surface area contributed by atoms with Crippen LogP contribution in [0, 0.1) is 0 Å². The predicted octanol–water partition coefficient (Wildman–Crippen LogP) is 16.7. The van der Waals surface area contributed by atoms with Gasteiger partial charge in [0.1, 0.15) is 0 Å². The smallest absolute Gasteiger partial charge is 0.0640 e. The quantitative estimate of drug-likeness (QED) is 0.158. The van der Waals surface area contributed by atoms with E-state index < -0.39 is 0 Å². The third-order valence-corrected chi connectivity index (χ3v) is 14.0. The van der Waals surface area contributed by atoms with Crippen molar-refractivity contribution in [3.05, 3.63) is 200 Å². The van der Waals surface area contributed by atoms with E-state index in [1.165, 1.54) is 106 Å². The van der Waals surface area contributed by atoms with Crippen LogP contribution in [0.4, 0.5) is 17.1 Å². The number of hydrogen-bond acceptors (Lipinski definition) is 3. The van der Waals surface area contributed by atoms with E-state index in [-0.39, 0.29) is 0 Å². The lowest BCUT2D eigenvalue weighted by molar-refractivity contribution is 1.32. The normalized spacial score (nSPS) is 11.9. The Morgan fingerprint density at radius 3 is 1.67 bits per heavy atom. The summed E-state index contributed by atoms with van der Waals surface area (Å²) in [4.78, 5) is 2.57. The van der Waals surface area contributed by atoms with Gasteiger partial charge < -0.3 is 4.90 Å². The van der Waals surface area contributed by atoms with Crippen LogP contribution in [0.3, 0.4) is 0 Å². The second-order valence-corrected chi connectivity index (χ2v) is 16.9. The molecule has 0 aliphatic carbocycles. The molecule has 0 N–H and O–H groups in total. The highest BCUT2D eigenvalue weighted by Crippen LogP contribution is 2.53. The number of anilines is 3. The van der Waals surface area contributed by atoms with Gasteiger partial charge in [0.15, 0.2) is 0 Å². The van der Waals surface area contributed by atoms with Gasteiger partial charge in [-0.15, -0.1) is 22.7 Å². The molecule has 0 spiro atoms. The molecule has 2 heterocycles. The van der Waals surface area contributed by atoms with Gasteiger partial charge in [0.2, 0.25) is 0 Å². The van der Waals surface area contributed by atoms with E-state index in [0.717, 1.165) is 5.69 Å². The zero-order chi connectivity index (χ0) is 37.5. The first-order valence-corrected chi connectivity index (χ1v) is 21.1. The van der Waals surface area contributed by atoms with E-state index in [1.807, 2.05) is 22.7 Å². The lowest BCUT2D eigenvalue weighted by atomic mass is 9.89. The monoisotopic (exact) mass is 759 g/mol. The van der Waals surface area contributed by atoms with Crippen LogP contribution in [0.1, 0.15) is 0 Å². The van der Waals surface area contributed by atoms with Gasteiger partial charge in [0, 0.05) is 52.3 Å². The maximum atomic E-state index is 2.57. The van der Waals surface area contributed by atoms with Crippen molar-refractivity contribution in [2.45, 2.75) is 0 Å². The summed E-state index contributed by atoms with van der Waals surface area (Å²) < 4.78 is 5.21. The Kier molecular flexibility index (Phi) is 7.34. The fraction of sp³-hybridized carbons (Fsp3) is 0. The Morgan fingerprint density at radius 1 is 0.333 bits per heavy atom. The first kappa shape index (κ1) is 32.5. The second-order valence-electron chi connectivity index (χ2n) is 14.8. The molecular weight excluding hydrogens is 727 g/mol. The van der Waals surface area contributed by atoms with Gasteiger partial charge >= 0.3 is 0 Å². The largest absolute Gasteiger partial charge is 0.308 e. The standard InChI is InChI=1S/C54H33NS2/c1-2-15-35-32-37(31-30-34(35)14-1)51-44-22-5-3-18-40(44)41-19-4-6-23-45(41)52(51)55(48-27-13-26-47-43-21-8-10-29-50(43)57-54(47)48)38-17-11-16-36(33-38)39-24-12-25-46-42-20-7-9-28-49(42)56-53(39)46/h1-33H. The van der Waals surface area contributed by atoms with Crippen molar-refractivity contribution in [2.75, 3.05) is 4.90 Å². The maximum Gasteiger partial charge on any atom is 0.0640 e. The highest BCUT2D eigenvalue weighted by molar-refractivity contribution is 7.26. The van der Waals surface area contributed by atoms with E-state index in [1.54, 1.807) is 0 Å². The number of rotatable bonds is 5. The van der Waals surface area contributed by atoms with Crippen molar-refractivity contribution < 1.29 is 0 Å². The molecule has 3 heteroatoms. The molecule has 0 atom stereocenters. The molecular formula is C54H33NS2. The van der Waals surface area contributed by atoms with Gasteiger partial charge in [-0.25, -0.2) is 0 Å². The summed E-state index contributed by atoms with van der Waals surface area (Å²) in [5.41, 5.74) is 8.37. The van der Waals surface area contributed by atoms with Crippen molar-refractivity contribution in [3.8, 4) is 22.3 Å². The lowest BCUT2D eigenvalue weighted by Gasteiger charge is -2.31. The fourth-order valence-corrected chi connectivity index (χ4v) is 11.5. The Morgan fingerprint density at radius 2 is 0.895 bits per heavy atom. The number of hydrogen-bond donors (Lipinski definition) is 0. The molecule has 0 aliphatic rings. The number of fused-ring (bicyclic) bond motifs is 10. The fourth-order valence-electron chi connectivity index (χ4n) is 9.08. The topological polar surface area (TPSA) is 3.24 Å². The van der Waals surface area contributed by atoms with E-state index in [4.69, 9.17) is 0 Å². The molecule has 0 bridgehead atoms. The minimum absolute atomic E-state index is 1.12. The summed E-state index contributed by atoms with van der Waals surface area (Å²) >= 11 is 3.77. The van der Waals surface area contributed by atoms with Crippen LogP contribution in [-0.2, 0) is 0 Å². The van der Waals surface area contributed by atoms with E-state index in [2.05, 4.69) is 205 Å². The lowest BCUT2D eigenvalue weighted by Crippen LogP contribution is -2.12. The summed E-state index contributed by atoms with van der Waals surface area (Å²) in [5.74, 6) is 0. The molecule has 0 fully saturated rings. The van der Waals surface area contributed by atoms with Crippen LogP contribution in [0.5, 0.6) is 0 Å². The molecule has 0 unspecified atom stereocenters. The van der Waals surface area contributed by atoms with Crippen LogP contribution < -0.4 is 4.90 Å². The molecule has 0 saturated heterocycles. The summed E-state index contributed by atoms with van der Waals surface area (Å²) in [6, 6.07) is 74.1. The SMILES string of the molecule is c1cc(-c2cccc3c2sc2ccccc23)cc(N(c2c(-c3ccc4ccccc4c3)c3ccccc3c3ccccc23)c2cccc3c2sc2ccccc23)c1. The van der Waals surface area contributed by atoms with Gasteiger partial charge in [-0.2, -0.15) is 0 Å². The van der Waals surface area contributed by atoms with E-state index in [9.17, 15) is 0 Å². The molecule has 0 aliphatic heterocycles. The molecule has 12 aromatic rings. The highest BCUT2D eigenvalue weighted by atomic mass is 32.1. The maximum absolute atomic E-state index is 2.57. The minimum Gasteiger partial charge on any atom is -0.308 e. The summed E-state index contributed by atoms with van der Waals surface area (Å²) in [6.07, 6.45) is 0. The number of thiophene rings is 2. The van der Waals surface area contributed by atoms with Gasteiger partial charge in [-0.05, 0) is 80.0 Å². The van der Waals surface area contributed by atoms with Crippen LogP contribution in [-0.4, -0.2) is 0 Å². The van der Waals surface area contributed by atoms with E-state index in [0.29, 0.717) is 0 Å². The average Bonchev–Trinajstić information content (AvgIpc) is 3.86. The molecule has 266 valence electrons. The van der Waals surface area contributed by atoms with Crippen LogP contribution in [0.25, 0.3) is 94.9 Å². The van der Waals surface area contributed by atoms with Crippen molar-refractivity contribution in [2.24, 2.45) is 0 Å². The Balaban J connectivity index is 1.22. The molecule has 12 rings (SSSR count). The Hall–Kier alpha value is -6.78. The van der Waals surface area contributed by atoms with Crippen LogP contribution >= 0.6 is 22.7 Å². The third kappa shape index (κ3) is 5.06. The van der Waals surface area contributed by atoms with Gasteiger partial charge in [-0.3, -0.25) is 0 Å². The van der Waals surface area contributed by atoms with Crippen LogP contribution in [0.2, 0.25) is 0 Å². The second kappa shape index (κ2) is 12.9. The highest BCUT2D eigenvalue weighted by Gasteiger charge is 2.26. The van der Waals surface area contributed by atoms with E-state index >= 15 is 0 Å². The zero-order valence-electron chi connectivity index (χ0n) is 30.8. The first-order chi connectivity index (χ1) is 28.3. The molecule has 2 aromatic heterocycles. The Labute approximate surface area is 337 Å². The molecule has 10 aromatic carbocycles. The van der Waals surface area contributed by atoms with Crippen molar-refractivity contribution >= 4 is 112 Å². The molecule has 0 saturated carbocycles.